The Labute approximate surface area is 316 Å². The van der Waals surface area contributed by atoms with Crippen LogP contribution in [0.4, 0.5) is 5.69 Å². The van der Waals surface area contributed by atoms with Crippen LogP contribution in [0.25, 0.3) is 0 Å². The van der Waals surface area contributed by atoms with Gasteiger partial charge in [-0.1, -0.05) is 67.8 Å². The second kappa shape index (κ2) is 18.8. The SMILES string of the molecule is C=S1NC(=O)c2ccc3c(c2)N(CC(c2ccc(Cl)cc2CCC)CO3)CC2CCC2C(CN2CCN(C(C)C)CC2)CCCC(C)C1C.CO. The molecule has 2 aromatic rings. The highest BCUT2D eigenvalue weighted by Crippen LogP contribution is 2.46. The van der Waals surface area contributed by atoms with Crippen LogP contribution in [-0.2, 0) is 6.42 Å². The third kappa shape index (κ3) is 9.91. The highest BCUT2D eigenvalue weighted by atomic mass is 35.5. The molecule has 3 heterocycles. The monoisotopic (exact) mass is 740 g/mol. The number of nitrogens with one attached hydrogen (secondary N) is 1. The van der Waals surface area contributed by atoms with Gasteiger partial charge in [-0.15, -0.1) is 0 Å². The number of benzene rings is 2. The van der Waals surface area contributed by atoms with Crippen LogP contribution in [0.2, 0.25) is 5.02 Å². The molecule has 2 fully saturated rings. The van der Waals surface area contributed by atoms with E-state index in [2.05, 4.69) is 78.1 Å². The molecule has 0 radical (unpaired) electrons. The minimum atomic E-state index is -0.461. The zero-order chi connectivity index (χ0) is 36.7. The number of nitrogens with zero attached hydrogens (tertiary/aromatic N) is 3. The van der Waals surface area contributed by atoms with Crippen molar-refractivity contribution >= 4 is 39.7 Å². The second-order valence-corrected chi connectivity index (χ2v) is 18.1. The number of aryl methyl sites for hydroxylation is 1. The Morgan fingerprint density at radius 1 is 1.02 bits per heavy atom. The first-order chi connectivity index (χ1) is 24.6. The fourth-order valence-electron chi connectivity index (χ4n) is 8.90. The summed E-state index contributed by atoms with van der Waals surface area (Å²) in [7, 11) is 0.539. The molecule has 2 N–H and O–H groups in total. The first kappa shape index (κ1) is 40.1. The van der Waals surface area contributed by atoms with Gasteiger partial charge in [-0.25, -0.2) is 0 Å². The van der Waals surface area contributed by atoms with Gasteiger partial charge in [0, 0.05) is 80.7 Å². The van der Waals surface area contributed by atoms with Gasteiger partial charge in [-0.05, 0) is 111 Å². The fourth-order valence-corrected chi connectivity index (χ4v) is 10.3. The maximum absolute atomic E-state index is 13.7. The van der Waals surface area contributed by atoms with Crippen LogP contribution in [0, 0.1) is 23.7 Å². The van der Waals surface area contributed by atoms with E-state index >= 15 is 0 Å². The number of carbonyl (C=O) groups excluding carboxylic acids is 1. The lowest BCUT2D eigenvalue weighted by Crippen LogP contribution is -2.51. The zero-order valence-electron chi connectivity index (χ0n) is 32.2. The molecule has 4 aliphatic rings. The second-order valence-electron chi connectivity index (χ2n) is 15.9. The number of hydrogen-bond acceptors (Lipinski definition) is 6. The van der Waals surface area contributed by atoms with E-state index in [-0.39, 0.29) is 11.8 Å². The normalized spacial score (nSPS) is 29.5. The number of piperazine rings is 1. The van der Waals surface area contributed by atoms with E-state index in [1.807, 2.05) is 18.2 Å². The maximum Gasteiger partial charge on any atom is 0.260 e. The smallest absolute Gasteiger partial charge is 0.260 e. The molecule has 0 aromatic heterocycles. The Kier molecular flexibility index (Phi) is 14.8. The Hall–Kier alpha value is -2.10. The van der Waals surface area contributed by atoms with Gasteiger partial charge in [0.05, 0.1) is 12.3 Å². The molecular formula is C42H65ClN4O3S. The Balaban J connectivity index is 0.00000248. The number of amides is 1. The number of aliphatic hydroxyl groups is 1. The van der Waals surface area contributed by atoms with Crippen LogP contribution in [0.5, 0.6) is 5.75 Å². The highest BCUT2D eigenvalue weighted by molar-refractivity contribution is 8.13. The standard InChI is InChI=1S/C41H61ClN4O2S.CH4O/c1-7-9-31-22-36(42)14-16-37(31)35-26-46-25-34-12-15-38(34)33(24-44-18-20-45(21-19-44)28(2)3)11-8-10-29(4)30(5)49(6)43-41(47)32-13-17-40(48-27-35)39(46)23-32;1-2/h13-14,16-17,22-23,28-30,33-35,38H,6-12,15,18-21,24-27H2,1-5H3,(H,43,47);2H,1H3. The lowest BCUT2D eigenvalue weighted by molar-refractivity contribution is 0.0441. The summed E-state index contributed by atoms with van der Waals surface area (Å²) in [5, 5.41) is 8.13. The van der Waals surface area contributed by atoms with E-state index in [4.69, 9.17) is 21.4 Å². The minimum Gasteiger partial charge on any atom is -0.491 e. The van der Waals surface area contributed by atoms with E-state index in [9.17, 15) is 4.79 Å². The quantitative estimate of drug-likeness (QED) is 0.292. The van der Waals surface area contributed by atoms with E-state index in [0.717, 1.165) is 61.3 Å². The van der Waals surface area contributed by atoms with Crippen molar-refractivity contribution in [3.63, 3.8) is 0 Å². The van der Waals surface area contributed by atoms with Gasteiger partial charge < -0.3 is 24.4 Å². The van der Waals surface area contributed by atoms with Gasteiger partial charge in [-0.3, -0.25) is 9.69 Å². The molecule has 2 aromatic carbocycles. The number of aliphatic hydroxyl groups excluding tert-OH is 1. The third-order valence-electron chi connectivity index (χ3n) is 12.4. The van der Waals surface area contributed by atoms with Crippen LogP contribution >= 0.6 is 22.3 Å². The number of fused-ring (bicyclic) bond motifs is 2. The van der Waals surface area contributed by atoms with Gasteiger partial charge in [0.25, 0.3) is 5.91 Å². The third-order valence-corrected chi connectivity index (χ3v) is 14.4. The summed E-state index contributed by atoms with van der Waals surface area (Å²) < 4.78 is 9.93. The van der Waals surface area contributed by atoms with Gasteiger partial charge in [0.15, 0.2) is 0 Å². The van der Waals surface area contributed by atoms with Crippen LogP contribution in [-0.4, -0.2) is 97.5 Å². The van der Waals surface area contributed by atoms with Crippen molar-refractivity contribution in [1.82, 2.24) is 14.5 Å². The zero-order valence-corrected chi connectivity index (χ0v) is 33.8. The van der Waals surface area contributed by atoms with Crippen LogP contribution in [0.1, 0.15) is 101 Å². The Morgan fingerprint density at radius 2 is 1.78 bits per heavy atom. The van der Waals surface area contributed by atoms with Crippen molar-refractivity contribution in [3.05, 3.63) is 58.1 Å². The molecule has 1 saturated heterocycles. The number of rotatable bonds is 6. The number of anilines is 1. The molecule has 7 nitrogen and oxygen atoms in total. The van der Waals surface area contributed by atoms with E-state index < -0.39 is 10.7 Å². The van der Waals surface area contributed by atoms with Crippen LogP contribution < -0.4 is 14.4 Å². The fraction of sp³-hybridized carbons (Fsp3) is 0.667. The maximum atomic E-state index is 13.7. The summed E-state index contributed by atoms with van der Waals surface area (Å²) >= 11 is 6.51. The molecule has 0 spiro atoms. The summed E-state index contributed by atoms with van der Waals surface area (Å²) in [6.07, 6.45) is 8.41. The van der Waals surface area contributed by atoms with Gasteiger partial charge in [0.2, 0.25) is 0 Å². The summed E-state index contributed by atoms with van der Waals surface area (Å²) in [4.78, 5) is 21.7. The number of ether oxygens (including phenoxy) is 1. The molecule has 1 saturated carbocycles. The molecule has 2 bridgehead atoms. The first-order valence-electron chi connectivity index (χ1n) is 19.7. The lowest BCUT2D eigenvalue weighted by atomic mass is 9.65. The minimum absolute atomic E-state index is 0.0323. The molecule has 6 rings (SSSR count). The first-order valence-corrected chi connectivity index (χ1v) is 21.5. The lowest BCUT2D eigenvalue weighted by Gasteiger charge is -2.47. The molecule has 1 amide bonds. The molecule has 3 aliphatic heterocycles. The number of hydrogen-bond donors (Lipinski definition) is 2. The summed E-state index contributed by atoms with van der Waals surface area (Å²) in [5.74, 6) is 8.13. The molecule has 7 unspecified atom stereocenters. The van der Waals surface area contributed by atoms with Crippen molar-refractivity contribution in [2.24, 2.45) is 23.7 Å². The van der Waals surface area contributed by atoms with Crippen LogP contribution in [0.15, 0.2) is 36.4 Å². The highest BCUT2D eigenvalue weighted by Gasteiger charge is 2.40. The molecule has 9 heteroatoms. The topological polar surface area (TPSA) is 68.3 Å². The molecule has 1 aliphatic carbocycles. The van der Waals surface area contributed by atoms with E-state index in [0.29, 0.717) is 35.3 Å². The van der Waals surface area contributed by atoms with Crippen molar-refractivity contribution in [1.29, 1.82) is 0 Å². The molecule has 7 atom stereocenters. The summed E-state index contributed by atoms with van der Waals surface area (Å²) in [5.41, 5.74) is 4.43. The van der Waals surface area contributed by atoms with Crippen molar-refractivity contribution < 1.29 is 14.6 Å². The summed E-state index contributed by atoms with van der Waals surface area (Å²) in [6.45, 7) is 20.0. The molecule has 284 valence electrons. The van der Waals surface area contributed by atoms with Gasteiger partial charge >= 0.3 is 0 Å². The average molecular weight is 742 g/mol. The van der Waals surface area contributed by atoms with Gasteiger partial charge in [0.1, 0.15) is 5.75 Å². The van der Waals surface area contributed by atoms with Crippen molar-refractivity contribution in [2.75, 3.05) is 64.4 Å². The predicted molar refractivity (Wildman–Crippen MR) is 218 cm³/mol. The number of halogens is 1. The van der Waals surface area contributed by atoms with Crippen molar-refractivity contribution in [3.8, 4) is 5.75 Å². The number of carbonyl (C=O) groups is 1. The largest absolute Gasteiger partial charge is 0.491 e. The Morgan fingerprint density at radius 3 is 2.47 bits per heavy atom. The molecule has 51 heavy (non-hydrogen) atoms. The van der Waals surface area contributed by atoms with Crippen LogP contribution in [0.3, 0.4) is 0 Å². The van der Waals surface area contributed by atoms with E-state index in [1.165, 1.54) is 76.0 Å². The molecular weight excluding hydrogens is 676 g/mol. The van der Waals surface area contributed by atoms with Crippen molar-refractivity contribution in [2.45, 2.75) is 96.8 Å². The van der Waals surface area contributed by atoms with E-state index in [1.54, 1.807) is 0 Å². The predicted octanol–water partition coefficient (Wildman–Crippen LogP) is 8.11. The van der Waals surface area contributed by atoms with Gasteiger partial charge in [-0.2, -0.15) is 0 Å². The summed E-state index contributed by atoms with van der Waals surface area (Å²) in [6, 6.07) is 13.1. The Bertz CT molecular complexity index is 1460. The average Bonchev–Trinajstić information content (AvgIpc) is 3.29.